The molecule has 0 fully saturated rings. The molecule has 0 spiro atoms. The van der Waals surface area contributed by atoms with Gasteiger partial charge in [0.1, 0.15) is 16.7 Å². The highest BCUT2D eigenvalue weighted by Gasteiger charge is 2.28. The molecule has 2 rings (SSSR count). The first-order valence-corrected chi connectivity index (χ1v) is 10.9. The number of hydrogen-bond acceptors (Lipinski definition) is 8. The Morgan fingerprint density at radius 3 is 2.38 bits per heavy atom. The number of rotatable bonds is 9. The molecule has 0 saturated heterocycles. The number of nitrogens with zero attached hydrogens (tertiary/aromatic N) is 1. The van der Waals surface area contributed by atoms with Gasteiger partial charge in [-0.15, -0.1) is 11.3 Å². The lowest BCUT2D eigenvalue weighted by Crippen LogP contribution is -2.12. The highest BCUT2D eigenvalue weighted by atomic mass is 35.5. The van der Waals surface area contributed by atoms with Crippen LogP contribution in [0.3, 0.4) is 0 Å². The van der Waals surface area contributed by atoms with Crippen LogP contribution < -0.4 is 4.74 Å². The molecule has 1 heterocycles. The predicted molar refractivity (Wildman–Crippen MR) is 121 cm³/mol. The van der Waals surface area contributed by atoms with Crippen LogP contribution in [0.4, 0.5) is 0 Å². The SMILES string of the molecule is CCOC(=O)c1sc(CC(=O)C(C#N)=Cc2ccc(OC)c(Cl)c2)c(C(=O)OCC)c1C. The first kappa shape index (κ1) is 25.1. The first-order valence-electron chi connectivity index (χ1n) is 9.72. The van der Waals surface area contributed by atoms with Crippen molar-refractivity contribution in [2.24, 2.45) is 0 Å². The Kier molecular flexibility index (Phi) is 9.00. The van der Waals surface area contributed by atoms with Gasteiger partial charge in [-0.05, 0) is 50.1 Å². The van der Waals surface area contributed by atoms with Gasteiger partial charge in [0.05, 0.1) is 36.5 Å². The van der Waals surface area contributed by atoms with Crippen LogP contribution >= 0.6 is 22.9 Å². The van der Waals surface area contributed by atoms with Crippen molar-refractivity contribution in [3.05, 3.63) is 55.2 Å². The van der Waals surface area contributed by atoms with Gasteiger partial charge in [0.25, 0.3) is 0 Å². The molecule has 2 aromatic rings. The maximum absolute atomic E-state index is 12.9. The Morgan fingerprint density at radius 1 is 1.16 bits per heavy atom. The van der Waals surface area contributed by atoms with Crippen molar-refractivity contribution >= 4 is 46.7 Å². The summed E-state index contributed by atoms with van der Waals surface area (Å²) in [5.41, 5.74) is 0.961. The average molecular weight is 476 g/mol. The molecule has 0 aliphatic rings. The summed E-state index contributed by atoms with van der Waals surface area (Å²) in [6, 6.07) is 6.75. The second-order valence-electron chi connectivity index (χ2n) is 6.46. The molecule has 0 amide bonds. The highest BCUT2D eigenvalue weighted by Crippen LogP contribution is 2.31. The molecule has 0 unspecified atom stereocenters. The largest absolute Gasteiger partial charge is 0.495 e. The average Bonchev–Trinajstić information content (AvgIpc) is 3.08. The maximum Gasteiger partial charge on any atom is 0.348 e. The lowest BCUT2D eigenvalue weighted by Gasteiger charge is -2.06. The standard InChI is InChI=1S/C23H22ClNO6S/c1-5-30-22(27)20-13(3)21(23(28)31-6-2)32-19(20)11-17(26)15(12-25)9-14-7-8-18(29-4)16(24)10-14/h7-10H,5-6,11H2,1-4H3. The number of nitriles is 1. The predicted octanol–water partition coefficient (Wildman–Crippen LogP) is 4.79. The van der Waals surface area contributed by atoms with E-state index in [4.69, 9.17) is 25.8 Å². The fraction of sp³-hybridized carbons (Fsp3) is 0.304. The molecule has 0 saturated carbocycles. The van der Waals surface area contributed by atoms with E-state index in [1.165, 1.54) is 13.2 Å². The molecule has 0 aliphatic carbocycles. The van der Waals surface area contributed by atoms with Crippen LogP contribution in [0, 0.1) is 18.3 Å². The number of carbonyl (C=O) groups excluding carboxylic acids is 3. The van der Waals surface area contributed by atoms with Crippen molar-refractivity contribution in [3.8, 4) is 11.8 Å². The lowest BCUT2D eigenvalue weighted by atomic mass is 10.0. The summed E-state index contributed by atoms with van der Waals surface area (Å²) < 4.78 is 15.2. The zero-order chi connectivity index (χ0) is 23.8. The van der Waals surface area contributed by atoms with Crippen LogP contribution in [0.5, 0.6) is 5.75 Å². The molecule has 1 aromatic carbocycles. The minimum absolute atomic E-state index is 0.121. The molecule has 9 heteroatoms. The van der Waals surface area contributed by atoms with Gasteiger partial charge in [-0.1, -0.05) is 17.7 Å². The Balaban J connectivity index is 2.42. The minimum Gasteiger partial charge on any atom is -0.495 e. The molecule has 168 valence electrons. The summed E-state index contributed by atoms with van der Waals surface area (Å²) >= 11 is 7.10. The van der Waals surface area contributed by atoms with E-state index in [-0.39, 0.29) is 35.6 Å². The summed E-state index contributed by atoms with van der Waals surface area (Å²) in [6.07, 6.45) is 1.16. The van der Waals surface area contributed by atoms with E-state index >= 15 is 0 Å². The van der Waals surface area contributed by atoms with Crippen molar-refractivity contribution in [1.82, 2.24) is 0 Å². The molecule has 0 bridgehead atoms. The van der Waals surface area contributed by atoms with E-state index in [9.17, 15) is 19.6 Å². The smallest absolute Gasteiger partial charge is 0.348 e. The van der Waals surface area contributed by atoms with Crippen molar-refractivity contribution in [2.75, 3.05) is 20.3 Å². The van der Waals surface area contributed by atoms with Gasteiger partial charge >= 0.3 is 11.9 Å². The van der Waals surface area contributed by atoms with E-state index < -0.39 is 17.7 Å². The number of thiophene rings is 1. The third-order valence-corrected chi connectivity index (χ3v) is 5.96. The van der Waals surface area contributed by atoms with Crippen molar-refractivity contribution in [2.45, 2.75) is 27.2 Å². The Bertz CT molecular complexity index is 1110. The van der Waals surface area contributed by atoms with E-state index in [0.29, 0.717) is 26.8 Å². The fourth-order valence-corrected chi connectivity index (χ4v) is 4.37. The molecule has 0 radical (unpaired) electrons. The molecule has 0 N–H and O–H groups in total. The Morgan fingerprint density at radius 2 is 1.81 bits per heavy atom. The first-order chi connectivity index (χ1) is 15.3. The van der Waals surface area contributed by atoms with E-state index in [1.54, 1.807) is 39.0 Å². The zero-order valence-electron chi connectivity index (χ0n) is 18.1. The number of methoxy groups -OCH3 is 1. The van der Waals surface area contributed by atoms with Gasteiger partial charge in [0.2, 0.25) is 0 Å². The summed E-state index contributed by atoms with van der Waals surface area (Å²) in [5, 5.41) is 9.86. The van der Waals surface area contributed by atoms with E-state index in [0.717, 1.165) is 11.3 Å². The van der Waals surface area contributed by atoms with Gasteiger partial charge in [-0.2, -0.15) is 5.26 Å². The van der Waals surface area contributed by atoms with Crippen LogP contribution in [0.15, 0.2) is 23.8 Å². The Hall–Kier alpha value is -3.15. The third kappa shape index (κ3) is 5.75. The number of ketones is 1. The topological polar surface area (TPSA) is 103 Å². The molecular formula is C23H22ClNO6S. The molecule has 0 aliphatic heterocycles. The second-order valence-corrected chi connectivity index (χ2v) is 7.97. The number of carbonyl (C=O) groups is 3. The van der Waals surface area contributed by atoms with Crippen LogP contribution in [-0.2, 0) is 20.7 Å². The van der Waals surface area contributed by atoms with E-state index in [1.807, 2.05) is 6.07 Å². The molecular weight excluding hydrogens is 454 g/mol. The Labute approximate surface area is 195 Å². The summed E-state index contributed by atoms with van der Waals surface area (Å²) in [4.78, 5) is 38.2. The number of allylic oxidation sites excluding steroid dienone is 1. The third-order valence-electron chi connectivity index (χ3n) is 4.39. The van der Waals surface area contributed by atoms with Gasteiger partial charge < -0.3 is 14.2 Å². The number of benzene rings is 1. The molecule has 0 atom stereocenters. The second kappa shape index (κ2) is 11.5. The number of esters is 2. The molecule has 1 aromatic heterocycles. The monoisotopic (exact) mass is 475 g/mol. The highest BCUT2D eigenvalue weighted by molar-refractivity contribution is 7.14. The molecule has 7 nitrogen and oxygen atoms in total. The normalized spacial score (nSPS) is 10.9. The van der Waals surface area contributed by atoms with Crippen LogP contribution in [0.1, 0.15) is 49.9 Å². The van der Waals surface area contributed by atoms with Crippen molar-refractivity contribution in [1.29, 1.82) is 5.26 Å². The number of hydrogen-bond donors (Lipinski definition) is 0. The number of halogens is 1. The van der Waals surface area contributed by atoms with Gasteiger partial charge in [-0.3, -0.25) is 4.79 Å². The van der Waals surface area contributed by atoms with Crippen LogP contribution in [0.25, 0.3) is 6.08 Å². The number of ether oxygens (including phenoxy) is 3. The summed E-state index contributed by atoms with van der Waals surface area (Å²) in [5.74, 6) is -1.26. The summed E-state index contributed by atoms with van der Waals surface area (Å²) in [7, 11) is 1.48. The zero-order valence-corrected chi connectivity index (χ0v) is 19.7. The van der Waals surface area contributed by atoms with Gasteiger partial charge in [0, 0.05) is 11.3 Å². The molecule has 32 heavy (non-hydrogen) atoms. The van der Waals surface area contributed by atoms with Crippen molar-refractivity contribution < 1.29 is 28.6 Å². The summed E-state index contributed by atoms with van der Waals surface area (Å²) in [6.45, 7) is 5.24. The van der Waals surface area contributed by atoms with Crippen LogP contribution in [0.2, 0.25) is 5.02 Å². The lowest BCUT2D eigenvalue weighted by molar-refractivity contribution is -0.114. The van der Waals surface area contributed by atoms with Crippen molar-refractivity contribution in [3.63, 3.8) is 0 Å². The number of Topliss-reactive ketones (excluding diaryl/α,β-unsaturated/α-hetero) is 1. The van der Waals surface area contributed by atoms with E-state index in [2.05, 4.69) is 0 Å². The van der Waals surface area contributed by atoms with Crippen LogP contribution in [-0.4, -0.2) is 38.0 Å². The quantitative estimate of drug-likeness (QED) is 0.292. The minimum atomic E-state index is -0.635. The van der Waals surface area contributed by atoms with Gasteiger partial charge in [-0.25, -0.2) is 9.59 Å². The maximum atomic E-state index is 12.9. The van der Waals surface area contributed by atoms with Gasteiger partial charge in [0.15, 0.2) is 5.78 Å². The fourth-order valence-electron chi connectivity index (χ4n) is 2.91.